The fraction of sp³-hybridized carbons (Fsp3) is 0.533. The number of carbonyl (C=O) groups excluding carboxylic acids is 1. The van der Waals surface area contributed by atoms with E-state index in [0.29, 0.717) is 11.8 Å². The molecule has 1 rings (SSSR count). The van der Waals surface area contributed by atoms with Crippen LogP contribution in [0.5, 0.6) is 5.75 Å². The fourth-order valence-corrected chi connectivity index (χ4v) is 1.93. The molecular formula is C15H23NO2. The van der Waals surface area contributed by atoms with Gasteiger partial charge >= 0.3 is 5.97 Å². The molecule has 0 aliphatic heterocycles. The van der Waals surface area contributed by atoms with Gasteiger partial charge < -0.3 is 10.1 Å². The van der Waals surface area contributed by atoms with Crippen molar-refractivity contribution >= 4 is 5.97 Å². The quantitative estimate of drug-likeness (QED) is 0.657. The van der Waals surface area contributed by atoms with E-state index in [1.807, 2.05) is 31.3 Å². The first-order valence-electron chi connectivity index (χ1n) is 6.27. The monoisotopic (exact) mass is 249 g/mol. The van der Waals surface area contributed by atoms with Crippen LogP contribution >= 0.6 is 0 Å². The fourth-order valence-electron chi connectivity index (χ4n) is 1.93. The summed E-state index contributed by atoms with van der Waals surface area (Å²) in [5.74, 6) is 0.305. The van der Waals surface area contributed by atoms with Crippen molar-refractivity contribution in [3.05, 3.63) is 29.8 Å². The Bertz CT molecular complexity index is 390. The summed E-state index contributed by atoms with van der Waals surface area (Å²) in [6.07, 6.45) is 1.05. The summed E-state index contributed by atoms with van der Waals surface area (Å²) in [5, 5.41) is 3.33. The number of nitrogens with one attached hydrogen (secondary N) is 1. The highest BCUT2D eigenvalue weighted by Crippen LogP contribution is 2.29. The van der Waals surface area contributed by atoms with Gasteiger partial charge in [-0.3, -0.25) is 4.79 Å². The lowest BCUT2D eigenvalue weighted by Gasteiger charge is -2.26. The number of rotatable bonds is 4. The van der Waals surface area contributed by atoms with Gasteiger partial charge in [-0.25, -0.2) is 0 Å². The van der Waals surface area contributed by atoms with Crippen molar-refractivity contribution in [2.75, 3.05) is 7.05 Å². The van der Waals surface area contributed by atoms with Gasteiger partial charge in [-0.05, 0) is 36.6 Å². The van der Waals surface area contributed by atoms with Gasteiger partial charge in [0.05, 0.1) is 0 Å². The first-order valence-corrected chi connectivity index (χ1v) is 6.27. The molecular weight excluding hydrogens is 226 g/mol. The zero-order valence-electron chi connectivity index (χ0n) is 11.9. The van der Waals surface area contributed by atoms with Crippen LogP contribution in [0.3, 0.4) is 0 Å². The lowest BCUT2D eigenvalue weighted by molar-refractivity contribution is -0.131. The van der Waals surface area contributed by atoms with E-state index in [0.717, 1.165) is 6.42 Å². The van der Waals surface area contributed by atoms with Crippen LogP contribution in [0.4, 0.5) is 0 Å². The summed E-state index contributed by atoms with van der Waals surface area (Å²) < 4.78 is 5.02. The molecule has 0 saturated heterocycles. The molecule has 0 fully saturated rings. The maximum Gasteiger partial charge on any atom is 0.308 e. The smallest absolute Gasteiger partial charge is 0.308 e. The van der Waals surface area contributed by atoms with Crippen LogP contribution in [0, 0.1) is 5.41 Å². The highest BCUT2D eigenvalue weighted by molar-refractivity contribution is 5.69. The maximum absolute atomic E-state index is 10.8. The number of carbonyl (C=O) groups is 1. The van der Waals surface area contributed by atoms with Gasteiger partial charge in [-0.1, -0.05) is 32.9 Å². The van der Waals surface area contributed by atoms with Crippen molar-refractivity contribution in [3.63, 3.8) is 0 Å². The number of esters is 1. The normalized spacial score (nSPS) is 13.2. The predicted molar refractivity (Wildman–Crippen MR) is 73.6 cm³/mol. The van der Waals surface area contributed by atoms with Gasteiger partial charge in [0.2, 0.25) is 0 Å². The third kappa shape index (κ3) is 4.88. The molecule has 0 aliphatic carbocycles. The molecule has 0 amide bonds. The zero-order valence-corrected chi connectivity index (χ0v) is 11.9. The van der Waals surface area contributed by atoms with Crippen LogP contribution in [0.25, 0.3) is 0 Å². The number of hydrogen-bond acceptors (Lipinski definition) is 3. The van der Waals surface area contributed by atoms with E-state index in [2.05, 4.69) is 26.1 Å². The Morgan fingerprint density at radius 3 is 2.22 bits per heavy atom. The molecule has 1 unspecified atom stereocenters. The van der Waals surface area contributed by atoms with E-state index in [-0.39, 0.29) is 11.4 Å². The van der Waals surface area contributed by atoms with E-state index in [9.17, 15) is 4.79 Å². The largest absolute Gasteiger partial charge is 0.427 e. The molecule has 0 bridgehead atoms. The second kappa shape index (κ2) is 6.01. The molecule has 0 heterocycles. The Kier molecular flexibility index (Phi) is 4.91. The molecule has 18 heavy (non-hydrogen) atoms. The van der Waals surface area contributed by atoms with Crippen molar-refractivity contribution in [2.24, 2.45) is 5.41 Å². The van der Waals surface area contributed by atoms with Crippen molar-refractivity contribution in [2.45, 2.75) is 40.2 Å². The molecule has 1 aromatic rings. The average molecular weight is 249 g/mol. The highest BCUT2D eigenvalue weighted by atomic mass is 16.5. The molecule has 100 valence electrons. The standard InChI is InChI=1S/C15H23NO2/c1-11(17)18-13-8-6-12(7-9-13)14(16-5)10-15(2,3)4/h6-9,14,16H,10H2,1-5H3. The van der Waals surface area contributed by atoms with E-state index < -0.39 is 0 Å². The van der Waals surface area contributed by atoms with Crippen molar-refractivity contribution in [3.8, 4) is 5.75 Å². The lowest BCUT2D eigenvalue weighted by atomic mass is 9.85. The van der Waals surface area contributed by atoms with E-state index >= 15 is 0 Å². The Hall–Kier alpha value is -1.35. The SMILES string of the molecule is CNC(CC(C)(C)C)c1ccc(OC(C)=O)cc1. The van der Waals surface area contributed by atoms with E-state index in [4.69, 9.17) is 4.74 Å². The van der Waals surface area contributed by atoms with Crippen LogP contribution in [-0.2, 0) is 4.79 Å². The summed E-state index contributed by atoms with van der Waals surface area (Å²) in [7, 11) is 1.97. The Morgan fingerprint density at radius 1 is 1.28 bits per heavy atom. The number of hydrogen-bond donors (Lipinski definition) is 1. The molecule has 1 N–H and O–H groups in total. The number of benzene rings is 1. The number of ether oxygens (including phenoxy) is 1. The lowest BCUT2D eigenvalue weighted by Crippen LogP contribution is -2.22. The van der Waals surface area contributed by atoms with Crippen LogP contribution in [0.2, 0.25) is 0 Å². The van der Waals surface area contributed by atoms with Gasteiger partial charge in [0.1, 0.15) is 5.75 Å². The third-order valence-electron chi connectivity index (χ3n) is 2.71. The Balaban J connectivity index is 2.78. The third-order valence-corrected chi connectivity index (χ3v) is 2.71. The second-order valence-electron chi connectivity index (χ2n) is 5.77. The van der Waals surface area contributed by atoms with Crippen LogP contribution < -0.4 is 10.1 Å². The second-order valence-corrected chi connectivity index (χ2v) is 5.77. The minimum Gasteiger partial charge on any atom is -0.427 e. The zero-order chi connectivity index (χ0) is 13.8. The summed E-state index contributed by atoms with van der Waals surface area (Å²) in [5.41, 5.74) is 1.48. The molecule has 3 heteroatoms. The molecule has 0 saturated carbocycles. The van der Waals surface area contributed by atoms with Crippen molar-refractivity contribution in [1.29, 1.82) is 0 Å². The molecule has 0 aliphatic rings. The minimum atomic E-state index is -0.289. The van der Waals surface area contributed by atoms with Gasteiger partial charge in [0.15, 0.2) is 0 Å². The van der Waals surface area contributed by atoms with Gasteiger partial charge in [0.25, 0.3) is 0 Å². The highest BCUT2D eigenvalue weighted by Gasteiger charge is 2.18. The first kappa shape index (κ1) is 14.7. The molecule has 0 radical (unpaired) electrons. The van der Waals surface area contributed by atoms with Gasteiger partial charge in [-0.2, -0.15) is 0 Å². The maximum atomic E-state index is 10.8. The average Bonchev–Trinajstić information content (AvgIpc) is 2.25. The van der Waals surface area contributed by atoms with Crippen molar-refractivity contribution < 1.29 is 9.53 Å². The minimum absolute atomic E-state index is 0.266. The molecule has 3 nitrogen and oxygen atoms in total. The summed E-state index contributed by atoms with van der Waals surface area (Å²) in [6, 6.07) is 8.00. The predicted octanol–water partition coefficient (Wildman–Crippen LogP) is 3.31. The summed E-state index contributed by atoms with van der Waals surface area (Å²) >= 11 is 0. The Labute approximate surface area is 110 Å². The molecule has 1 aromatic carbocycles. The van der Waals surface area contributed by atoms with E-state index in [1.54, 1.807) is 0 Å². The van der Waals surface area contributed by atoms with Crippen molar-refractivity contribution in [1.82, 2.24) is 5.32 Å². The van der Waals surface area contributed by atoms with E-state index in [1.165, 1.54) is 12.5 Å². The first-order chi connectivity index (χ1) is 8.31. The molecule has 0 spiro atoms. The summed E-state index contributed by atoms with van der Waals surface area (Å²) in [6.45, 7) is 8.09. The topological polar surface area (TPSA) is 38.3 Å². The Morgan fingerprint density at radius 2 is 1.83 bits per heavy atom. The van der Waals surface area contributed by atoms with Crippen LogP contribution in [-0.4, -0.2) is 13.0 Å². The van der Waals surface area contributed by atoms with Gasteiger partial charge in [0, 0.05) is 13.0 Å². The summed E-state index contributed by atoms with van der Waals surface area (Å²) in [4.78, 5) is 10.8. The van der Waals surface area contributed by atoms with Gasteiger partial charge in [-0.15, -0.1) is 0 Å². The van der Waals surface area contributed by atoms with Crippen LogP contribution in [0.15, 0.2) is 24.3 Å². The molecule has 1 atom stereocenters. The molecule has 0 aromatic heterocycles. The van der Waals surface area contributed by atoms with Crippen LogP contribution in [0.1, 0.15) is 45.7 Å².